The van der Waals surface area contributed by atoms with E-state index in [1.165, 1.54) is 24.0 Å². The molecule has 4 nitrogen and oxygen atoms in total. The second-order valence-corrected chi connectivity index (χ2v) is 6.27. The summed E-state index contributed by atoms with van der Waals surface area (Å²) in [5, 5.41) is 2.72. The lowest BCUT2D eigenvalue weighted by atomic mass is 10.1. The Kier molecular flexibility index (Phi) is 6.25. The highest BCUT2D eigenvalue weighted by molar-refractivity contribution is 5.95. The number of aryl methyl sites for hydroxylation is 2. The van der Waals surface area contributed by atoms with Crippen molar-refractivity contribution in [3.05, 3.63) is 64.7 Å². The van der Waals surface area contributed by atoms with Crippen LogP contribution in [0.25, 0.3) is 0 Å². The molecule has 2 rings (SSSR count). The van der Waals surface area contributed by atoms with Crippen molar-refractivity contribution in [1.29, 1.82) is 0 Å². The van der Waals surface area contributed by atoms with Crippen molar-refractivity contribution in [2.24, 2.45) is 0 Å². The van der Waals surface area contributed by atoms with Crippen LogP contribution in [-0.2, 0) is 11.0 Å². The Balaban J connectivity index is 2.01. The molecule has 0 fully saturated rings. The minimum Gasteiger partial charge on any atom is -0.350 e. The van der Waals surface area contributed by atoms with Crippen molar-refractivity contribution in [2.45, 2.75) is 26.9 Å². The average Bonchev–Trinajstić information content (AvgIpc) is 2.60. The van der Waals surface area contributed by atoms with Gasteiger partial charge >= 0.3 is 6.18 Å². The molecule has 0 spiro atoms. The third kappa shape index (κ3) is 5.32. The zero-order valence-corrected chi connectivity index (χ0v) is 15.4. The van der Waals surface area contributed by atoms with Crippen molar-refractivity contribution < 1.29 is 22.8 Å². The molecule has 2 aromatic rings. The predicted molar refractivity (Wildman–Crippen MR) is 97.7 cm³/mol. The molecule has 0 aliphatic rings. The predicted octanol–water partition coefficient (Wildman–Crippen LogP) is 4.11. The lowest BCUT2D eigenvalue weighted by Gasteiger charge is -2.22. The van der Waals surface area contributed by atoms with Gasteiger partial charge in [0.15, 0.2) is 0 Å². The normalized spacial score (nSPS) is 11.2. The van der Waals surface area contributed by atoms with Crippen molar-refractivity contribution in [1.82, 2.24) is 5.32 Å². The summed E-state index contributed by atoms with van der Waals surface area (Å²) in [6, 6.07) is 9.70. The van der Waals surface area contributed by atoms with Gasteiger partial charge in [-0.3, -0.25) is 9.59 Å². The molecule has 27 heavy (non-hydrogen) atoms. The van der Waals surface area contributed by atoms with Crippen molar-refractivity contribution in [3.8, 4) is 0 Å². The zero-order valence-electron chi connectivity index (χ0n) is 15.4. The van der Waals surface area contributed by atoms with Gasteiger partial charge in [-0.15, -0.1) is 0 Å². The Morgan fingerprint density at radius 1 is 1.00 bits per heavy atom. The van der Waals surface area contributed by atoms with E-state index in [0.29, 0.717) is 11.3 Å². The molecule has 2 aromatic carbocycles. The number of carbonyl (C=O) groups is 2. The summed E-state index contributed by atoms with van der Waals surface area (Å²) in [6.45, 7) is 5.51. The molecule has 0 aromatic heterocycles. The molecule has 1 N–H and O–H groups in total. The van der Waals surface area contributed by atoms with Gasteiger partial charge in [-0.25, -0.2) is 0 Å². The molecule has 0 aliphatic carbocycles. The molecule has 0 atom stereocenters. The van der Waals surface area contributed by atoms with E-state index >= 15 is 0 Å². The maximum absolute atomic E-state index is 12.7. The number of alkyl halides is 3. The van der Waals surface area contributed by atoms with Crippen LogP contribution in [-0.4, -0.2) is 24.9 Å². The summed E-state index contributed by atoms with van der Waals surface area (Å²) in [5.41, 5.74) is 2.16. The highest BCUT2D eigenvalue weighted by Crippen LogP contribution is 2.30. The molecule has 7 heteroatoms. The first-order valence-corrected chi connectivity index (χ1v) is 8.40. The fraction of sp³-hybridized carbons (Fsp3) is 0.300. The number of rotatable bonds is 5. The molecule has 144 valence electrons. The summed E-state index contributed by atoms with van der Waals surface area (Å²) < 4.78 is 38.0. The monoisotopic (exact) mass is 378 g/mol. The van der Waals surface area contributed by atoms with Gasteiger partial charge in [-0.1, -0.05) is 6.07 Å². The fourth-order valence-electron chi connectivity index (χ4n) is 2.56. The topological polar surface area (TPSA) is 49.4 Å². The van der Waals surface area contributed by atoms with Crippen LogP contribution in [0.1, 0.15) is 34.0 Å². The third-order valence-electron chi connectivity index (χ3n) is 4.28. The Labute approximate surface area is 156 Å². The zero-order chi connectivity index (χ0) is 20.2. The van der Waals surface area contributed by atoms with Crippen LogP contribution in [0.15, 0.2) is 42.5 Å². The van der Waals surface area contributed by atoms with Crippen molar-refractivity contribution in [3.63, 3.8) is 0 Å². The van der Waals surface area contributed by atoms with Crippen LogP contribution >= 0.6 is 0 Å². The van der Waals surface area contributed by atoms with Gasteiger partial charge in [0.05, 0.1) is 5.56 Å². The van der Waals surface area contributed by atoms with Gasteiger partial charge in [0, 0.05) is 31.3 Å². The SMILES string of the molecule is CC(=O)N(CCNC(=O)c1ccc(C)c(C)c1)c1ccc(C(F)(F)F)cc1. The molecular formula is C20H21F3N2O2. The number of nitrogens with zero attached hydrogens (tertiary/aromatic N) is 1. The van der Waals surface area contributed by atoms with E-state index in [1.807, 2.05) is 19.9 Å². The van der Waals surface area contributed by atoms with Crippen LogP contribution in [0, 0.1) is 13.8 Å². The van der Waals surface area contributed by atoms with Gasteiger partial charge in [0.25, 0.3) is 5.91 Å². The van der Waals surface area contributed by atoms with Gasteiger partial charge in [-0.05, 0) is 61.4 Å². The first-order valence-electron chi connectivity index (χ1n) is 8.40. The number of anilines is 1. The number of hydrogen-bond acceptors (Lipinski definition) is 2. The largest absolute Gasteiger partial charge is 0.416 e. The number of carbonyl (C=O) groups excluding carboxylic acids is 2. The smallest absolute Gasteiger partial charge is 0.350 e. The Bertz CT molecular complexity index is 830. The van der Waals surface area contributed by atoms with Gasteiger partial charge in [0.2, 0.25) is 5.91 Å². The first kappa shape index (κ1) is 20.5. The molecule has 2 amide bonds. The van der Waals surface area contributed by atoms with Gasteiger partial charge < -0.3 is 10.2 Å². The highest BCUT2D eigenvalue weighted by atomic mass is 19.4. The van der Waals surface area contributed by atoms with Crippen molar-refractivity contribution in [2.75, 3.05) is 18.0 Å². The lowest BCUT2D eigenvalue weighted by Crippen LogP contribution is -2.37. The van der Waals surface area contributed by atoms with E-state index in [-0.39, 0.29) is 24.9 Å². The number of hydrogen-bond donors (Lipinski definition) is 1. The molecule has 0 bridgehead atoms. The van der Waals surface area contributed by atoms with Crippen LogP contribution in [0.4, 0.5) is 18.9 Å². The molecule has 0 aliphatic heterocycles. The van der Waals surface area contributed by atoms with E-state index in [9.17, 15) is 22.8 Å². The fourth-order valence-corrected chi connectivity index (χ4v) is 2.56. The lowest BCUT2D eigenvalue weighted by molar-refractivity contribution is -0.137. The summed E-state index contributed by atoms with van der Waals surface area (Å²) in [6.07, 6.45) is -4.43. The standard InChI is InChI=1S/C20H21F3N2O2/c1-13-4-5-16(12-14(13)2)19(27)24-10-11-25(15(3)26)18-8-6-17(7-9-18)20(21,22)23/h4-9,12H,10-11H2,1-3H3,(H,24,27). The molecule has 0 saturated heterocycles. The minimum atomic E-state index is -4.43. The van der Waals surface area contributed by atoms with Crippen LogP contribution < -0.4 is 10.2 Å². The third-order valence-corrected chi connectivity index (χ3v) is 4.28. The van der Waals surface area contributed by atoms with Crippen LogP contribution in [0.5, 0.6) is 0 Å². The molecule has 0 unspecified atom stereocenters. The number of amides is 2. The number of benzene rings is 2. The number of nitrogens with one attached hydrogen (secondary N) is 1. The maximum atomic E-state index is 12.7. The van der Waals surface area contributed by atoms with E-state index in [2.05, 4.69) is 5.32 Å². The Morgan fingerprint density at radius 2 is 1.63 bits per heavy atom. The van der Waals surface area contributed by atoms with Gasteiger partial charge in [-0.2, -0.15) is 13.2 Å². The summed E-state index contributed by atoms with van der Waals surface area (Å²) >= 11 is 0. The second kappa shape index (κ2) is 8.24. The molecule has 0 saturated carbocycles. The van der Waals surface area contributed by atoms with E-state index < -0.39 is 11.7 Å². The highest BCUT2D eigenvalue weighted by Gasteiger charge is 2.30. The Morgan fingerprint density at radius 3 is 2.15 bits per heavy atom. The number of halogens is 3. The minimum absolute atomic E-state index is 0.150. The quantitative estimate of drug-likeness (QED) is 0.851. The summed E-state index contributed by atoms with van der Waals surface area (Å²) in [5.74, 6) is -0.593. The summed E-state index contributed by atoms with van der Waals surface area (Å²) in [4.78, 5) is 25.4. The summed E-state index contributed by atoms with van der Waals surface area (Å²) in [7, 11) is 0. The maximum Gasteiger partial charge on any atom is 0.416 e. The van der Waals surface area contributed by atoms with E-state index in [4.69, 9.17) is 0 Å². The average molecular weight is 378 g/mol. The van der Waals surface area contributed by atoms with E-state index in [0.717, 1.165) is 23.3 Å². The molecule has 0 heterocycles. The van der Waals surface area contributed by atoms with Crippen LogP contribution in [0.2, 0.25) is 0 Å². The second-order valence-electron chi connectivity index (χ2n) is 6.27. The van der Waals surface area contributed by atoms with E-state index in [1.54, 1.807) is 12.1 Å². The first-order chi connectivity index (χ1) is 12.6. The van der Waals surface area contributed by atoms with Crippen molar-refractivity contribution >= 4 is 17.5 Å². The Hall–Kier alpha value is -2.83. The molecular weight excluding hydrogens is 357 g/mol. The van der Waals surface area contributed by atoms with Gasteiger partial charge in [0.1, 0.15) is 0 Å². The molecule has 0 radical (unpaired) electrons. The van der Waals surface area contributed by atoms with Crippen LogP contribution in [0.3, 0.4) is 0 Å².